The van der Waals surface area contributed by atoms with Crippen LogP contribution in [0.25, 0.3) is 0 Å². The van der Waals surface area contributed by atoms with Gasteiger partial charge in [0, 0.05) is 0 Å². The van der Waals surface area contributed by atoms with Crippen LogP contribution in [0, 0.1) is 0 Å². The average molecular weight is 288 g/mol. The number of rotatable bonds is 4. The quantitative estimate of drug-likeness (QED) is 0.490. The van der Waals surface area contributed by atoms with Gasteiger partial charge in [-0.15, -0.1) is 0 Å². The molecular weight excluding hydrogens is 259 g/mol. The molecule has 1 aliphatic heterocycles. The Balaban J connectivity index is 2.61. The largest absolute Gasteiger partial charge is 0.0835 e. The summed E-state index contributed by atoms with van der Waals surface area (Å²) in [4.78, 5) is 0. The lowest BCUT2D eigenvalue weighted by atomic mass is 9.89. The first-order valence-corrected chi connectivity index (χ1v) is 9.70. The zero-order chi connectivity index (χ0) is 14.9. The van der Waals surface area contributed by atoms with Gasteiger partial charge in [0.2, 0.25) is 0 Å². The molecule has 0 aliphatic carbocycles. The molecule has 0 saturated carbocycles. The highest BCUT2D eigenvalue weighted by Gasteiger charge is 2.23. The van der Waals surface area contributed by atoms with E-state index in [-0.39, 0.29) is 7.92 Å². The molecule has 1 aromatic rings. The summed E-state index contributed by atoms with van der Waals surface area (Å²) >= 11 is 0. The van der Waals surface area contributed by atoms with Crippen molar-refractivity contribution in [2.75, 3.05) is 12.3 Å². The van der Waals surface area contributed by atoms with Crippen LogP contribution in [-0.2, 0) is 0 Å². The van der Waals surface area contributed by atoms with E-state index in [9.17, 15) is 0 Å². The van der Waals surface area contributed by atoms with Crippen molar-refractivity contribution in [3.8, 4) is 0 Å². The van der Waals surface area contributed by atoms with Gasteiger partial charge in [0.1, 0.15) is 0 Å². The smallest absolute Gasteiger partial charge is 0.0101 e. The zero-order valence-electron chi connectivity index (χ0n) is 13.9. The van der Waals surface area contributed by atoms with Crippen molar-refractivity contribution < 1.29 is 0 Å². The van der Waals surface area contributed by atoms with Crippen molar-refractivity contribution >= 4 is 13.2 Å². The van der Waals surface area contributed by atoms with E-state index in [0.717, 1.165) is 0 Å². The topological polar surface area (TPSA) is 0 Å². The van der Waals surface area contributed by atoms with Crippen molar-refractivity contribution in [3.05, 3.63) is 41.0 Å². The van der Waals surface area contributed by atoms with Crippen LogP contribution in [0.2, 0.25) is 0 Å². The van der Waals surface area contributed by atoms with E-state index in [1.54, 1.807) is 16.4 Å². The van der Waals surface area contributed by atoms with Crippen molar-refractivity contribution in [1.29, 1.82) is 0 Å². The Labute approximate surface area is 126 Å². The van der Waals surface area contributed by atoms with Gasteiger partial charge in [-0.25, -0.2) is 0 Å². The molecule has 1 aliphatic rings. The van der Waals surface area contributed by atoms with E-state index in [4.69, 9.17) is 0 Å². The van der Waals surface area contributed by atoms with Crippen molar-refractivity contribution in [1.82, 2.24) is 0 Å². The van der Waals surface area contributed by atoms with E-state index in [1.807, 2.05) is 0 Å². The highest BCUT2D eigenvalue weighted by atomic mass is 31.1. The molecule has 0 atom stereocenters. The second-order valence-electron chi connectivity index (χ2n) is 6.89. The maximum atomic E-state index is 2.50. The van der Waals surface area contributed by atoms with E-state index >= 15 is 0 Å². The van der Waals surface area contributed by atoms with Gasteiger partial charge in [-0.05, 0) is 52.1 Å². The van der Waals surface area contributed by atoms with Crippen molar-refractivity contribution in [3.63, 3.8) is 0 Å². The zero-order valence-corrected chi connectivity index (χ0v) is 14.8. The van der Waals surface area contributed by atoms with Crippen LogP contribution in [0.1, 0.15) is 76.0 Å². The molecule has 0 spiro atoms. The van der Waals surface area contributed by atoms with E-state index in [1.165, 1.54) is 17.9 Å². The fourth-order valence-electron chi connectivity index (χ4n) is 2.94. The Bertz CT molecular complexity index is 457. The fraction of sp³-hybridized carbons (Fsp3) is 0.579. The molecule has 1 aromatic carbocycles. The van der Waals surface area contributed by atoms with E-state index < -0.39 is 0 Å². The molecule has 0 N–H and O–H groups in total. The molecule has 0 unspecified atom stereocenters. The SMILES string of the molecule is CC(C)c1cc(C(C)C)c(P2CC=CC2)c(C(C)C)c1. The van der Waals surface area contributed by atoms with Gasteiger partial charge < -0.3 is 0 Å². The predicted molar refractivity (Wildman–Crippen MR) is 94.1 cm³/mol. The molecule has 1 heteroatoms. The van der Waals surface area contributed by atoms with E-state index in [2.05, 4.69) is 65.8 Å². The summed E-state index contributed by atoms with van der Waals surface area (Å²) in [7, 11) is 0.0105. The third kappa shape index (κ3) is 3.17. The number of allylic oxidation sites excluding steroid dienone is 2. The Morgan fingerprint density at radius 3 is 1.55 bits per heavy atom. The van der Waals surface area contributed by atoms with Gasteiger partial charge in [0.05, 0.1) is 0 Å². The Hall–Kier alpha value is -0.610. The molecule has 0 aromatic heterocycles. The Morgan fingerprint density at radius 1 is 0.750 bits per heavy atom. The first kappa shape index (κ1) is 15.8. The lowest BCUT2D eigenvalue weighted by Gasteiger charge is -2.26. The molecular formula is C19H29P. The standard InChI is InChI=1S/C19H29P/c1-13(2)16-11-17(14(3)4)19(18(12-16)15(5)6)20-9-7-8-10-20/h7-8,11-15H,9-10H2,1-6H3. The summed E-state index contributed by atoms with van der Waals surface area (Å²) in [6.45, 7) is 14.0. The van der Waals surface area contributed by atoms with Crippen LogP contribution in [0.15, 0.2) is 24.3 Å². The molecule has 0 nitrogen and oxygen atoms in total. The summed E-state index contributed by atoms with van der Waals surface area (Å²) in [6, 6.07) is 4.99. The van der Waals surface area contributed by atoms with Gasteiger partial charge in [0.25, 0.3) is 0 Å². The molecule has 1 heterocycles. The number of hydrogen-bond acceptors (Lipinski definition) is 0. The van der Waals surface area contributed by atoms with Crippen molar-refractivity contribution in [2.24, 2.45) is 0 Å². The second-order valence-corrected chi connectivity index (χ2v) is 9.15. The minimum absolute atomic E-state index is 0.0105. The molecule has 0 fully saturated rings. The molecule has 0 bridgehead atoms. The summed E-state index contributed by atoms with van der Waals surface area (Å²) in [5, 5.41) is 1.72. The summed E-state index contributed by atoms with van der Waals surface area (Å²) in [6.07, 6.45) is 7.35. The van der Waals surface area contributed by atoms with Gasteiger partial charge >= 0.3 is 0 Å². The third-order valence-electron chi connectivity index (χ3n) is 4.24. The molecule has 0 saturated heterocycles. The van der Waals surface area contributed by atoms with Crippen LogP contribution in [-0.4, -0.2) is 12.3 Å². The lowest BCUT2D eigenvalue weighted by molar-refractivity contribution is 0.813. The predicted octanol–water partition coefficient (Wildman–Crippen LogP) is 5.73. The molecule has 2 rings (SSSR count). The van der Waals surface area contributed by atoms with Gasteiger partial charge in [-0.1, -0.05) is 73.7 Å². The van der Waals surface area contributed by atoms with Gasteiger partial charge in [-0.2, -0.15) is 0 Å². The first-order chi connectivity index (χ1) is 9.41. The summed E-state index contributed by atoms with van der Waals surface area (Å²) < 4.78 is 0. The van der Waals surface area contributed by atoms with Crippen LogP contribution in [0.5, 0.6) is 0 Å². The molecule has 110 valence electrons. The molecule has 0 amide bonds. The number of hydrogen-bond donors (Lipinski definition) is 0. The Morgan fingerprint density at radius 2 is 1.20 bits per heavy atom. The highest BCUT2D eigenvalue weighted by Crippen LogP contribution is 2.44. The summed E-state index contributed by atoms with van der Waals surface area (Å²) in [5.41, 5.74) is 4.76. The lowest BCUT2D eigenvalue weighted by Crippen LogP contribution is -2.19. The van der Waals surface area contributed by atoms with Crippen molar-refractivity contribution in [2.45, 2.75) is 59.3 Å². The normalized spacial score (nSPS) is 16.1. The van der Waals surface area contributed by atoms with Gasteiger partial charge in [0.15, 0.2) is 0 Å². The number of benzene rings is 1. The fourth-order valence-corrected chi connectivity index (χ4v) is 5.64. The van der Waals surface area contributed by atoms with Gasteiger partial charge in [-0.3, -0.25) is 0 Å². The minimum Gasteiger partial charge on any atom is -0.0835 e. The highest BCUT2D eigenvalue weighted by molar-refractivity contribution is 7.66. The monoisotopic (exact) mass is 288 g/mol. The van der Waals surface area contributed by atoms with E-state index in [0.29, 0.717) is 17.8 Å². The van der Waals surface area contributed by atoms with Crippen LogP contribution < -0.4 is 5.30 Å². The van der Waals surface area contributed by atoms with Crippen LogP contribution >= 0.6 is 7.92 Å². The van der Waals surface area contributed by atoms with Crippen LogP contribution in [0.3, 0.4) is 0 Å². The maximum Gasteiger partial charge on any atom is -0.0101 e. The Kier molecular flexibility index (Phi) is 5.08. The first-order valence-electron chi connectivity index (χ1n) is 7.99. The second kappa shape index (κ2) is 6.44. The summed E-state index contributed by atoms with van der Waals surface area (Å²) in [5.74, 6) is 1.88. The van der Waals surface area contributed by atoms with Crippen LogP contribution in [0.4, 0.5) is 0 Å². The average Bonchev–Trinajstić information content (AvgIpc) is 2.90. The third-order valence-corrected chi connectivity index (χ3v) is 6.69. The molecule has 20 heavy (non-hydrogen) atoms. The maximum absolute atomic E-state index is 2.50. The minimum atomic E-state index is 0.0105. The molecule has 0 radical (unpaired) electrons.